The molecule has 0 aromatic heterocycles. The van der Waals surface area contributed by atoms with Crippen molar-refractivity contribution in [2.45, 2.75) is 26.3 Å². The third kappa shape index (κ3) is 3.59. The van der Waals surface area contributed by atoms with Crippen LogP contribution in [-0.2, 0) is 6.42 Å². The van der Waals surface area contributed by atoms with Gasteiger partial charge in [-0.3, -0.25) is 11.3 Å². The molecule has 2 rings (SSSR count). The average Bonchev–Trinajstić information content (AvgIpc) is 2.48. The van der Waals surface area contributed by atoms with E-state index in [1.165, 1.54) is 11.1 Å². The minimum absolute atomic E-state index is 0.0421. The highest BCUT2D eigenvalue weighted by Gasteiger charge is 2.15. The van der Waals surface area contributed by atoms with Crippen LogP contribution in [0.4, 0.5) is 0 Å². The number of benzene rings is 2. The number of para-hydroxylation sites is 1. The first kappa shape index (κ1) is 14.6. The Kier molecular flexibility index (Phi) is 5.16. The molecule has 3 heteroatoms. The van der Waals surface area contributed by atoms with E-state index in [1.54, 1.807) is 0 Å². The van der Waals surface area contributed by atoms with Crippen LogP contribution in [0.1, 0.15) is 29.7 Å². The van der Waals surface area contributed by atoms with Crippen LogP contribution in [-0.4, -0.2) is 6.61 Å². The van der Waals surface area contributed by atoms with Crippen molar-refractivity contribution in [3.8, 4) is 5.75 Å². The van der Waals surface area contributed by atoms with E-state index in [4.69, 9.17) is 10.6 Å². The molecule has 106 valence electrons. The lowest BCUT2D eigenvalue weighted by atomic mass is 9.98. The Labute approximate surface area is 120 Å². The second-order valence-corrected chi connectivity index (χ2v) is 4.88. The fraction of sp³-hybridized carbons (Fsp3) is 0.294. The predicted octanol–water partition coefficient (Wildman–Crippen LogP) is 3.14. The molecular formula is C17H22N2O. The lowest BCUT2D eigenvalue weighted by Gasteiger charge is -2.19. The van der Waals surface area contributed by atoms with Crippen LogP contribution in [0.3, 0.4) is 0 Å². The summed E-state index contributed by atoms with van der Waals surface area (Å²) >= 11 is 0. The van der Waals surface area contributed by atoms with Gasteiger partial charge < -0.3 is 4.74 Å². The SMILES string of the molecule is CCOc1ccccc1C(Cc1ccc(C)cc1)NN. The molecule has 0 spiro atoms. The molecule has 0 bridgehead atoms. The summed E-state index contributed by atoms with van der Waals surface area (Å²) in [5.41, 5.74) is 6.51. The summed E-state index contributed by atoms with van der Waals surface area (Å²) in [6.07, 6.45) is 0.834. The topological polar surface area (TPSA) is 47.3 Å². The molecule has 2 aromatic carbocycles. The molecule has 1 unspecified atom stereocenters. The maximum absolute atomic E-state index is 5.74. The number of hydrogen-bond acceptors (Lipinski definition) is 3. The van der Waals surface area contributed by atoms with Gasteiger partial charge in [-0.15, -0.1) is 0 Å². The molecule has 3 N–H and O–H groups in total. The van der Waals surface area contributed by atoms with Gasteiger partial charge in [0.05, 0.1) is 12.6 Å². The van der Waals surface area contributed by atoms with Gasteiger partial charge in [0.1, 0.15) is 5.75 Å². The molecule has 0 radical (unpaired) electrons. The maximum Gasteiger partial charge on any atom is 0.124 e. The summed E-state index contributed by atoms with van der Waals surface area (Å²) in [4.78, 5) is 0. The zero-order valence-electron chi connectivity index (χ0n) is 12.1. The highest BCUT2D eigenvalue weighted by atomic mass is 16.5. The zero-order valence-corrected chi connectivity index (χ0v) is 12.1. The van der Waals surface area contributed by atoms with Crippen molar-refractivity contribution in [3.05, 3.63) is 65.2 Å². The second kappa shape index (κ2) is 7.08. The highest BCUT2D eigenvalue weighted by Crippen LogP contribution is 2.27. The van der Waals surface area contributed by atoms with Crippen LogP contribution in [0.5, 0.6) is 5.75 Å². The summed E-state index contributed by atoms with van der Waals surface area (Å²) in [6, 6.07) is 16.6. The quantitative estimate of drug-likeness (QED) is 0.626. The first-order chi connectivity index (χ1) is 9.74. The van der Waals surface area contributed by atoms with Gasteiger partial charge in [0.15, 0.2) is 0 Å². The molecule has 0 aliphatic rings. The van der Waals surface area contributed by atoms with E-state index < -0.39 is 0 Å². The van der Waals surface area contributed by atoms with E-state index in [1.807, 2.05) is 25.1 Å². The van der Waals surface area contributed by atoms with Crippen molar-refractivity contribution in [1.82, 2.24) is 5.43 Å². The van der Waals surface area contributed by atoms with Crippen LogP contribution in [0, 0.1) is 6.92 Å². The van der Waals surface area contributed by atoms with Gasteiger partial charge in [0.25, 0.3) is 0 Å². The Morgan fingerprint density at radius 3 is 2.45 bits per heavy atom. The van der Waals surface area contributed by atoms with Crippen LogP contribution in [0.2, 0.25) is 0 Å². The number of nitrogens with one attached hydrogen (secondary N) is 1. The van der Waals surface area contributed by atoms with Crippen molar-refractivity contribution in [3.63, 3.8) is 0 Å². The van der Waals surface area contributed by atoms with Crippen molar-refractivity contribution >= 4 is 0 Å². The Hall–Kier alpha value is -1.84. The molecule has 0 fully saturated rings. The molecule has 0 amide bonds. The summed E-state index contributed by atoms with van der Waals surface area (Å²) in [6.45, 7) is 4.73. The fourth-order valence-corrected chi connectivity index (χ4v) is 2.27. The summed E-state index contributed by atoms with van der Waals surface area (Å²) in [7, 11) is 0. The summed E-state index contributed by atoms with van der Waals surface area (Å²) in [5.74, 6) is 6.64. The fourth-order valence-electron chi connectivity index (χ4n) is 2.27. The Balaban J connectivity index is 2.21. The Bertz CT molecular complexity index is 537. The van der Waals surface area contributed by atoms with Crippen LogP contribution >= 0.6 is 0 Å². The van der Waals surface area contributed by atoms with Gasteiger partial charge in [-0.25, -0.2) is 0 Å². The lowest BCUT2D eigenvalue weighted by Crippen LogP contribution is -2.30. The predicted molar refractivity (Wildman–Crippen MR) is 82.6 cm³/mol. The zero-order chi connectivity index (χ0) is 14.4. The average molecular weight is 270 g/mol. The van der Waals surface area contributed by atoms with E-state index in [0.717, 1.165) is 17.7 Å². The Morgan fingerprint density at radius 2 is 1.80 bits per heavy atom. The van der Waals surface area contributed by atoms with E-state index >= 15 is 0 Å². The third-order valence-corrected chi connectivity index (χ3v) is 3.36. The molecule has 0 aliphatic heterocycles. The molecule has 20 heavy (non-hydrogen) atoms. The normalized spacial score (nSPS) is 12.2. The second-order valence-electron chi connectivity index (χ2n) is 4.88. The Morgan fingerprint density at radius 1 is 1.10 bits per heavy atom. The van der Waals surface area contributed by atoms with E-state index in [9.17, 15) is 0 Å². The largest absolute Gasteiger partial charge is 0.494 e. The molecule has 2 aromatic rings. The smallest absolute Gasteiger partial charge is 0.124 e. The van der Waals surface area contributed by atoms with Crippen molar-refractivity contribution in [1.29, 1.82) is 0 Å². The van der Waals surface area contributed by atoms with Crippen molar-refractivity contribution < 1.29 is 4.74 Å². The summed E-state index contributed by atoms with van der Waals surface area (Å²) < 4.78 is 5.68. The van der Waals surface area contributed by atoms with Crippen molar-refractivity contribution in [2.75, 3.05) is 6.61 Å². The lowest BCUT2D eigenvalue weighted by molar-refractivity contribution is 0.331. The van der Waals surface area contributed by atoms with Gasteiger partial charge in [0, 0.05) is 5.56 Å². The number of hydrogen-bond donors (Lipinski definition) is 2. The molecule has 0 heterocycles. The first-order valence-corrected chi connectivity index (χ1v) is 6.98. The number of nitrogens with two attached hydrogens (primary N) is 1. The first-order valence-electron chi connectivity index (χ1n) is 6.98. The highest BCUT2D eigenvalue weighted by molar-refractivity contribution is 5.37. The van der Waals surface area contributed by atoms with E-state index in [0.29, 0.717) is 6.61 Å². The molecule has 0 saturated heterocycles. The van der Waals surface area contributed by atoms with Crippen molar-refractivity contribution in [2.24, 2.45) is 5.84 Å². The van der Waals surface area contributed by atoms with Crippen LogP contribution < -0.4 is 16.0 Å². The van der Waals surface area contributed by atoms with Gasteiger partial charge in [-0.1, -0.05) is 48.0 Å². The monoisotopic (exact) mass is 270 g/mol. The van der Waals surface area contributed by atoms with Gasteiger partial charge in [-0.2, -0.15) is 0 Å². The molecular weight excluding hydrogens is 248 g/mol. The minimum atomic E-state index is 0.0421. The van der Waals surface area contributed by atoms with Crippen LogP contribution in [0.25, 0.3) is 0 Å². The number of ether oxygens (including phenoxy) is 1. The van der Waals surface area contributed by atoms with E-state index in [-0.39, 0.29) is 6.04 Å². The van der Waals surface area contributed by atoms with Gasteiger partial charge in [0.2, 0.25) is 0 Å². The summed E-state index contributed by atoms with van der Waals surface area (Å²) in [5, 5.41) is 0. The maximum atomic E-state index is 5.74. The minimum Gasteiger partial charge on any atom is -0.494 e. The standard InChI is InChI=1S/C17H22N2O/c1-3-20-17-7-5-4-6-15(17)16(19-18)12-14-10-8-13(2)9-11-14/h4-11,16,19H,3,12,18H2,1-2H3. The van der Waals surface area contributed by atoms with Gasteiger partial charge in [-0.05, 0) is 31.9 Å². The van der Waals surface area contributed by atoms with Gasteiger partial charge >= 0.3 is 0 Å². The number of aryl methyl sites for hydroxylation is 1. The molecule has 1 atom stereocenters. The van der Waals surface area contributed by atoms with E-state index in [2.05, 4.69) is 42.7 Å². The third-order valence-electron chi connectivity index (χ3n) is 3.36. The molecule has 0 saturated carbocycles. The van der Waals surface area contributed by atoms with Crippen LogP contribution in [0.15, 0.2) is 48.5 Å². The molecule has 0 aliphatic carbocycles. The number of rotatable bonds is 6. The molecule has 3 nitrogen and oxygen atoms in total. The number of hydrazine groups is 1.